The van der Waals surface area contributed by atoms with Crippen LogP contribution in [0.4, 0.5) is 0 Å². The summed E-state index contributed by atoms with van der Waals surface area (Å²) < 4.78 is 0. The van der Waals surface area contributed by atoms with Gasteiger partial charge in [-0.25, -0.2) is 0 Å². The van der Waals surface area contributed by atoms with Crippen LogP contribution in [0.2, 0.25) is 0 Å². The van der Waals surface area contributed by atoms with Crippen molar-refractivity contribution in [2.75, 3.05) is 0 Å². The molecule has 1 aliphatic carbocycles. The molecule has 0 aromatic carbocycles. The summed E-state index contributed by atoms with van der Waals surface area (Å²) >= 11 is 0. The first kappa shape index (κ1) is 21.4. The van der Waals surface area contributed by atoms with Gasteiger partial charge in [-0.1, -0.05) is 12.8 Å². The molecule has 2 nitrogen and oxygen atoms in total. The largest absolute Gasteiger partial charge is 2.00 e. The summed E-state index contributed by atoms with van der Waals surface area (Å²) in [5, 5.41) is 0. The van der Waals surface area contributed by atoms with Crippen LogP contribution >= 0.6 is 0 Å². The van der Waals surface area contributed by atoms with Gasteiger partial charge in [-0.2, -0.15) is 19.8 Å². The van der Waals surface area contributed by atoms with E-state index in [0.717, 1.165) is 25.7 Å². The number of hydrogen-bond acceptors (Lipinski definition) is 2. The van der Waals surface area contributed by atoms with Crippen molar-refractivity contribution in [3.8, 4) is 0 Å². The Labute approximate surface area is 132 Å². The first-order valence-electron chi connectivity index (χ1n) is 4.61. The number of rotatable bonds is 2. The fourth-order valence-corrected chi connectivity index (χ4v) is 1.64. The fraction of sp³-hybridized carbons (Fsp3) is 0.636. The fourth-order valence-electron chi connectivity index (χ4n) is 1.64. The normalized spacial score (nSPS) is 16.4. The quantitative estimate of drug-likeness (QED) is 0.475. The number of carbonyl (C=O) groups excluding carboxylic acids is 2. The van der Waals surface area contributed by atoms with Gasteiger partial charge < -0.3 is 22.4 Å². The Morgan fingerprint density at radius 3 is 2.13 bits per heavy atom. The average Bonchev–Trinajstić information content (AvgIpc) is 2.21. The molecule has 0 saturated heterocycles. The minimum Gasteiger partial charge on any atom is -0.545 e. The second-order valence-corrected chi connectivity index (χ2v) is 3.45. The Morgan fingerprint density at radius 1 is 1.40 bits per heavy atom. The Morgan fingerprint density at radius 2 is 1.80 bits per heavy atom. The Hall–Kier alpha value is 1.13. The summed E-state index contributed by atoms with van der Waals surface area (Å²) in [5.41, 5.74) is 0. The van der Waals surface area contributed by atoms with Crippen molar-refractivity contribution < 1.29 is 63.4 Å². The zero-order valence-electron chi connectivity index (χ0n) is 9.20. The van der Waals surface area contributed by atoms with Gasteiger partial charge >= 0.3 is 21.1 Å². The molecule has 1 radical (unpaired) electrons. The van der Waals surface area contributed by atoms with Gasteiger partial charge in [0.15, 0.2) is 0 Å². The summed E-state index contributed by atoms with van der Waals surface area (Å²) in [5.74, 6) is 2.24. The third kappa shape index (κ3) is 8.89. The van der Waals surface area contributed by atoms with E-state index in [-0.39, 0.29) is 53.8 Å². The molecule has 0 aromatic heterocycles. The van der Waals surface area contributed by atoms with E-state index < -0.39 is 0 Å². The SMILES string of the molecule is [CH-]=O.[CH2-]CC(=O)C1CC[C-](C)CC1.[W+2].[Y]. The van der Waals surface area contributed by atoms with Crippen LogP contribution in [0, 0.1) is 18.8 Å². The molecule has 0 atom stereocenters. The molecule has 0 aromatic rings. The van der Waals surface area contributed by atoms with E-state index in [0.29, 0.717) is 18.1 Å². The van der Waals surface area contributed by atoms with Gasteiger partial charge in [-0.3, -0.25) is 6.79 Å². The van der Waals surface area contributed by atoms with Crippen molar-refractivity contribution in [3.05, 3.63) is 12.8 Å². The van der Waals surface area contributed by atoms with Gasteiger partial charge in [0.1, 0.15) is 5.78 Å². The molecule has 83 valence electrons. The van der Waals surface area contributed by atoms with Crippen LogP contribution in [0.5, 0.6) is 0 Å². The van der Waals surface area contributed by atoms with Gasteiger partial charge in [-0.15, -0.1) is 6.42 Å². The van der Waals surface area contributed by atoms with Crippen LogP contribution < -0.4 is 0 Å². The molecule has 1 rings (SSSR count). The average molecular weight is 454 g/mol. The Kier molecular flexibility index (Phi) is 18.8. The van der Waals surface area contributed by atoms with Crippen molar-refractivity contribution in [1.29, 1.82) is 0 Å². The molecule has 0 amide bonds. The second kappa shape index (κ2) is 13.2. The van der Waals surface area contributed by atoms with Crippen LogP contribution in [0.25, 0.3) is 0 Å². The van der Waals surface area contributed by atoms with E-state index in [4.69, 9.17) is 4.79 Å². The molecule has 1 saturated carbocycles. The maximum absolute atomic E-state index is 11.2. The molecule has 0 bridgehead atoms. The molecule has 15 heavy (non-hydrogen) atoms. The zero-order valence-corrected chi connectivity index (χ0v) is 15.0. The van der Waals surface area contributed by atoms with E-state index in [1.165, 1.54) is 0 Å². The first-order valence-corrected chi connectivity index (χ1v) is 4.61. The number of carbonyl (C=O) groups is 1. The third-order valence-corrected chi connectivity index (χ3v) is 2.54. The predicted molar refractivity (Wildman–Crippen MR) is 52.6 cm³/mol. The van der Waals surface area contributed by atoms with E-state index in [2.05, 4.69) is 20.6 Å². The molecule has 0 N–H and O–H groups in total. The third-order valence-electron chi connectivity index (χ3n) is 2.54. The van der Waals surface area contributed by atoms with Gasteiger partial charge in [0.2, 0.25) is 0 Å². The van der Waals surface area contributed by atoms with Crippen molar-refractivity contribution in [2.45, 2.75) is 39.0 Å². The van der Waals surface area contributed by atoms with Crippen LogP contribution in [0.15, 0.2) is 0 Å². The van der Waals surface area contributed by atoms with Crippen LogP contribution in [0.1, 0.15) is 39.0 Å². The van der Waals surface area contributed by atoms with Gasteiger partial charge in [-0.05, 0) is 0 Å². The Balaban J connectivity index is -0.000000339. The molecule has 0 spiro atoms. The van der Waals surface area contributed by atoms with Crippen LogP contribution in [0.3, 0.4) is 0 Å². The molecule has 1 fully saturated rings. The van der Waals surface area contributed by atoms with Gasteiger partial charge in [0, 0.05) is 38.6 Å². The molecule has 0 heterocycles. The molecular formula is C11H17O2WY-. The van der Waals surface area contributed by atoms with Crippen molar-refractivity contribution in [2.24, 2.45) is 5.92 Å². The standard InChI is InChI=1S/C10H16O.CHO.W.Y/c1-3-10(11)9-6-4-8(2)5-7-9;1-2;;/h9H,1,3-7H2,2H3;1H;;/q-2;-1;+2;. The van der Waals surface area contributed by atoms with Crippen molar-refractivity contribution in [3.63, 3.8) is 0 Å². The van der Waals surface area contributed by atoms with Gasteiger partial charge in [0.25, 0.3) is 0 Å². The van der Waals surface area contributed by atoms with Crippen LogP contribution in [-0.2, 0) is 63.4 Å². The predicted octanol–water partition coefficient (Wildman–Crippen LogP) is 2.29. The molecular weight excluding hydrogens is 437 g/mol. The topological polar surface area (TPSA) is 34.1 Å². The number of hydrogen-bond donors (Lipinski definition) is 0. The molecule has 4 heteroatoms. The molecule has 0 unspecified atom stereocenters. The Bertz CT molecular complexity index is 157. The molecule has 0 aliphatic heterocycles. The van der Waals surface area contributed by atoms with Crippen LogP contribution in [-0.4, -0.2) is 12.6 Å². The minimum absolute atomic E-state index is 0. The first-order chi connectivity index (χ1) is 6.24. The van der Waals surface area contributed by atoms with E-state index in [9.17, 15) is 4.79 Å². The minimum atomic E-state index is 0. The summed E-state index contributed by atoms with van der Waals surface area (Å²) in [6.45, 7) is 9.06. The van der Waals surface area contributed by atoms with E-state index >= 15 is 0 Å². The summed E-state index contributed by atoms with van der Waals surface area (Å²) in [6.07, 6.45) is 4.91. The summed E-state index contributed by atoms with van der Waals surface area (Å²) in [7, 11) is 0. The van der Waals surface area contributed by atoms with E-state index in [1.54, 1.807) is 5.92 Å². The van der Waals surface area contributed by atoms with Gasteiger partial charge in [0.05, 0.1) is 0 Å². The molecule has 1 aliphatic rings. The number of ketones is 1. The zero-order chi connectivity index (χ0) is 10.3. The monoisotopic (exact) mass is 454 g/mol. The summed E-state index contributed by atoms with van der Waals surface area (Å²) in [4.78, 5) is 19.0. The smallest absolute Gasteiger partial charge is 0.545 e. The maximum atomic E-state index is 11.2. The number of Topliss-reactive ketones (excluding diaryl/α,β-unsaturated/α-hetero) is 1. The van der Waals surface area contributed by atoms with E-state index in [1.807, 2.05) is 0 Å². The second-order valence-electron chi connectivity index (χ2n) is 3.45. The van der Waals surface area contributed by atoms with Crippen molar-refractivity contribution in [1.82, 2.24) is 0 Å². The maximum Gasteiger partial charge on any atom is 2.00 e. The summed E-state index contributed by atoms with van der Waals surface area (Å²) in [6, 6.07) is 0. The van der Waals surface area contributed by atoms with Crippen molar-refractivity contribution >= 4 is 12.6 Å².